The van der Waals surface area contributed by atoms with E-state index in [9.17, 15) is 39.5 Å². The number of ether oxygens (including phenoxy) is 2. The Labute approximate surface area is 726 Å². The molecule has 0 aromatic heterocycles. The van der Waals surface area contributed by atoms with Gasteiger partial charge in [-0.15, -0.1) is 34.0 Å². The SMILES string of the molecule is Br.Br.C/C(F)=C(/C)F.CC.CC.CC.CC.CC(F)=C(F)F.CC=O.CC=O.CCBr.CCBr.CCO.CCO.CCOC.CCOC.FC(F)=C(F)F.O=CO[O-].O=CO[O-].[B].[B].[CH2-]CCC.[H-].[H-].[H-].[H-].[K+].[K+].[K+].[K+].[Li+].[Na+].[Na+]. The van der Waals surface area contributed by atoms with Crippen LogP contribution in [0.3, 0.4) is 0 Å². The van der Waals surface area contributed by atoms with Gasteiger partial charge < -0.3 is 62.2 Å². The van der Waals surface area contributed by atoms with Crippen LogP contribution in [0, 0.1) is 6.92 Å². The summed E-state index contributed by atoms with van der Waals surface area (Å²) in [5, 5.41) is 34.1. The molecule has 0 heterocycles. The maximum absolute atomic E-state index is 11.3. The largest absolute Gasteiger partial charge is 1.00 e. The third kappa shape index (κ3) is 846. The Morgan fingerprint density at radius 3 is 0.600 bits per heavy atom. The summed E-state index contributed by atoms with van der Waals surface area (Å²) in [6, 6.07) is 0. The van der Waals surface area contributed by atoms with Crippen molar-refractivity contribution < 1.29 is 388 Å². The van der Waals surface area contributed by atoms with Gasteiger partial charge in [0.15, 0.2) is 5.83 Å². The van der Waals surface area contributed by atoms with Gasteiger partial charge in [-0.3, -0.25) is 9.59 Å². The zero-order valence-corrected chi connectivity index (χ0v) is 74.9. The van der Waals surface area contributed by atoms with Crippen molar-refractivity contribution in [3.8, 4) is 0 Å². The second kappa shape index (κ2) is 306. The predicted molar refractivity (Wildman–Crippen MR) is 288 cm³/mol. The van der Waals surface area contributed by atoms with Gasteiger partial charge in [-0.25, -0.2) is 13.2 Å². The molecule has 0 aliphatic carbocycles. The van der Waals surface area contributed by atoms with Crippen LogP contribution in [0.15, 0.2) is 35.7 Å². The molecule has 0 saturated carbocycles. The number of rotatable bonds is 5. The third-order valence-electron chi connectivity index (χ3n) is 1.89. The first-order valence-corrected chi connectivity index (χ1v) is 21.6. The summed E-state index contributed by atoms with van der Waals surface area (Å²) in [4.78, 5) is 40.1. The van der Waals surface area contributed by atoms with E-state index in [1.165, 1.54) is 20.3 Å². The van der Waals surface area contributed by atoms with E-state index in [-0.39, 0.29) is 366 Å². The van der Waals surface area contributed by atoms with Gasteiger partial charge in [0.2, 0.25) is 0 Å². The van der Waals surface area contributed by atoms with Gasteiger partial charge in [-0.2, -0.15) is 32.8 Å². The number of hydrogen-bond acceptors (Lipinski definition) is 12. The van der Waals surface area contributed by atoms with E-state index in [1.807, 2.05) is 83.1 Å². The third-order valence-corrected chi connectivity index (χ3v) is 1.89. The van der Waals surface area contributed by atoms with Crippen LogP contribution in [-0.2, 0) is 38.4 Å². The molecule has 34 heteroatoms. The Morgan fingerprint density at radius 2 is 0.600 bits per heavy atom. The summed E-state index contributed by atoms with van der Waals surface area (Å²) in [7, 11) is 3.36. The molecule has 0 fully saturated rings. The molecule has 2 N–H and O–H groups in total. The number of unbranched alkanes of at least 4 members (excludes halogenated alkanes) is 1. The van der Waals surface area contributed by atoms with Crippen molar-refractivity contribution in [2.75, 3.05) is 51.3 Å². The van der Waals surface area contributed by atoms with Gasteiger partial charge in [0.25, 0.3) is 12.9 Å². The molecule has 6 radical (unpaired) electrons. The van der Waals surface area contributed by atoms with Crippen molar-refractivity contribution >= 4 is 108 Å². The van der Waals surface area contributed by atoms with Gasteiger partial charge >= 0.3 is 302 Å². The summed E-state index contributed by atoms with van der Waals surface area (Å²) < 4.78 is 105. The summed E-state index contributed by atoms with van der Waals surface area (Å²) in [6.45, 7) is 40.6. The molecule has 0 bridgehead atoms. The van der Waals surface area contributed by atoms with Crippen LogP contribution in [0.1, 0.15) is 157 Å². The van der Waals surface area contributed by atoms with Gasteiger partial charge in [-0.1, -0.05) is 114 Å². The van der Waals surface area contributed by atoms with Crippen molar-refractivity contribution in [3.05, 3.63) is 42.6 Å². The molecule has 0 atom stereocenters. The minimum Gasteiger partial charge on any atom is -1.00 e. The smallest absolute Gasteiger partial charge is 1.00 e. The summed E-state index contributed by atoms with van der Waals surface area (Å²) >= 11 is 6.29. The maximum atomic E-state index is 11.3. The molecule has 0 unspecified atom stereocenters. The van der Waals surface area contributed by atoms with E-state index < -0.39 is 35.7 Å². The van der Waals surface area contributed by atoms with E-state index in [4.69, 9.17) is 39.9 Å². The minimum atomic E-state index is -2.91. The fraction of sp³-hybridized carbons (Fsp3) is 0.732. The molecule has 0 rings (SSSR count). The first-order valence-electron chi connectivity index (χ1n) is 19.4. The zero-order chi connectivity index (χ0) is 56.8. The normalized spacial score (nSPS) is 5.79. The number of carbonyl (C=O) groups is 4. The molecule has 0 saturated heterocycles. The van der Waals surface area contributed by atoms with Gasteiger partial charge in [-0.05, 0) is 62.3 Å². The van der Waals surface area contributed by atoms with E-state index in [2.05, 4.69) is 65.0 Å². The predicted octanol–water partition coefficient (Wildman–Crippen LogP) is -6.77. The number of aliphatic hydroxyl groups is 2. The zero-order valence-electron chi connectivity index (χ0n) is 55.8. The number of allylic oxidation sites excluding steroid dienone is 3. The molecular weight excluding hydrogens is 1410 g/mol. The summed E-state index contributed by atoms with van der Waals surface area (Å²) in [5.41, 5.74) is 0. The summed E-state index contributed by atoms with van der Waals surface area (Å²) in [6.07, 6.45) is -4.28. The molecule has 0 aromatic carbocycles. The van der Waals surface area contributed by atoms with Crippen LogP contribution in [0.5, 0.6) is 0 Å². The molecule has 0 spiro atoms. The Morgan fingerprint density at radius 1 is 0.520 bits per heavy atom. The van der Waals surface area contributed by atoms with E-state index >= 15 is 0 Å². The quantitative estimate of drug-likeness (QED) is 0.0505. The second-order valence-electron chi connectivity index (χ2n) is 6.41. The second-order valence-corrected chi connectivity index (χ2v) is 8.66. The first kappa shape index (κ1) is 191. The van der Waals surface area contributed by atoms with Crippen LogP contribution in [0.4, 0.5) is 39.5 Å². The Balaban J connectivity index is -0.00000000913. The average molecular weight is 1500 g/mol. The van der Waals surface area contributed by atoms with Crippen LogP contribution >= 0.6 is 65.8 Å². The van der Waals surface area contributed by atoms with Crippen molar-refractivity contribution in [1.29, 1.82) is 0 Å². The van der Waals surface area contributed by atoms with E-state index in [1.54, 1.807) is 28.1 Å². The number of aldehydes is 2. The monoisotopic (exact) mass is 1500 g/mol. The van der Waals surface area contributed by atoms with Gasteiger partial charge in [0, 0.05) is 68.1 Å². The van der Waals surface area contributed by atoms with Crippen LogP contribution in [-0.4, -0.2) is 104 Å². The van der Waals surface area contributed by atoms with Crippen molar-refractivity contribution in [2.45, 2.75) is 151 Å². The van der Waals surface area contributed by atoms with Crippen molar-refractivity contribution in [2.24, 2.45) is 0 Å². The van der Waals surface area contributed by atoms with E-state index in [0.29, 0.717) is 6.92 Å². The molecule has 75 heavy (non-hydrogen) atoms. The number of hydrogen-bond donors (Lipinski definition) is 2. The standard InChI is InChI=1S/C4H6F2.C4H9.C3H3F3.2C3H8O.2C2H5Br.C2F4.2C2H6O.2C2H4O.4C2H6.2CH2O3.2B.2BrH.4K.Li.2Na.4H/c1-3(5)4(2)6;1-3-4-2;1-2(4)3(5)6;2*1-3-4-2;2*1-2-3;3-1(4)2(5)6;4*1-2-3;4*1-2;2*2-1-4-3;;;;;;;;;;;;;;;/h1-2H3;1,3-4H2,2H3;1H3;2*3H2,1-2H3;2*2H2,1H3;;2*3H,2H2,1H3;2*2H,1H3;4*1-2H3;2*1,3H;;;2*1H;;;;;;;;;;;/q;-1;;;;;;;;;;;;;;;;;;;;;7*+1;4*-1/p-2/b4-3+;;;;;;;;;;;;;;;;;;;;;;;;;;;;;;;;. The number of carbonyl (C=O) groups excluding carboxylic acids is 4. The van der Waals surface area contributed by atoms with Crippen LogP contribution in [0.2, 0.25) is 0 Å². The average Bonchev–Trinajstić information content (AvgIpc) is 3.28. The van der Waals surface area contributed by atoms with Crippen LogP contribution < -0.4 is 294 Å². The molecule has 436 valence electrons. The number of aliphatic hydroxyl groups excluding tert-OH is 2. The van der Waals surface area contributed by atoms with Gasteiger partial charge in [0.1, 0.15) is 24.2 Å². The molecule has 12 nitrogen and oxygen atoms in total. The topological polar surface area (TPSA) is 192 Å². The first-order chi connectivity index (χ1) is 30.0. The molecule has 0 amide bonds. The number of methoxy groups -OCH3 is 2. The molecule has 0 aromatic rings. The van der Waals surface area contributed by atoms with Crippen molar-refractivity contribution in [1.82, 2.24) is 0 Å². The Hall–Kier alpha value is 7.82. The van der Waals surface area contributed by atoms with E-state index in [0.717, 1.165) is 56.7 Å². The molecular formula is C41H96B2Br4F9K4LiNa2O12. The fourth-order valence-electron chi connectivity index (χ4n) is 0. The van der Waals surface area contributed by atoms with Gasteiger partial charge in [0.05, 0.1) is 0 Å². The number of alkyl halides is 2. The minimum absolute atomic E-state index is 0. The Bertz CT molecular complexity index is 668. The van der Waals surface area contributed by atoms with Crippen molar-refractivity contribution in [3.63, 3.8) is 0 Å². The Kier molecular flexibility index (Phi) is 780. The maximum Gasteiger partial charge on any atom is 1.00 e. The fourth-order valence-corrected chi connectivity index (χ4v) is 0. The summed E-state index contributed by atoms with van der Waals surface area (Å²) in [5.74, 6) is -2.89. The molecule has 0 aliphatic rings. The molecule has 0 aliphatic heterocycles. The van der Waals surface area contributed by atoms with Crippen LogP contribution in [0.25, 0.3) is 0 Å². The number of halogens is 13.